The van der Waals surface area contributed by atoms with Gasteiger partial charge in [-0.05, 0) is 28.6 Å². The van der Waals surface area contributed by atoms with E-state index in [0.29, 0.717) is 17.3 Å². The van der Waals surface area contributed by atoms with Gasteiger partial charge in [-0.1, -0.05) is 160 Å². The topological polar surface area (TPSA) is 0 Å². The van der Waals surface area contributed by atoms with Crippen molar-refractivity contribution in [2.24, 2.45) is 55.2 Å². The summed E-state index contributed by atoms with van der Waals surface area (Å²) in [4.78, 5) is 0. The molecule has 56 heavy (non-hydrogen) atoms. The van der Waals surface area contributed by atoms with E-state index in [1.54, 1.807) is 0 Å². The first-order valence-corrected chi connectivity index (χ1v) is 21.5. The van der Waals surface area contributed by atoms with Crippen LogP contribution in [0.2, 0.25) is 0 Å². The van der Waals surface area contributed by atoms with Crippen molar-refractivity contribution in [1.82, 2.24) is 0 Å². The average Bonchev–Trinajstić information content (AvgIpc) is 3.73. The van der Waals surface area contributed by atoms with E-state index >= 15 is 0 Å². The number of fused-ring (bicyclic) bond motifs is 8. The molecule has 0 bridgehead atoms. The minimum absolute atomic E-state index is 0. The minimum atomic E-state index is 0. The standard InChI is InChI=1S/C29H37.C13H10.C11H17.2ClH.Zr/c1-21-14-13-15-22-20-27(6)25(4)18-10-9-16-23(25,2)24(3)17-11-12-19-26(24,5)29(27,8)28(21,22)7;1-3-7-12(8-4-1)11-13-9-5-2-6-10-13;1-5-9-6-7-10(8-9)11(2,3)4;;;/h9-20,22H,1-8H3;1-10H;7-9H,5H2,1-4H3;2*1H;/q-1;;-1;;;+2/p-2. The van der Waals surface area contributed by atoms with E-state index in [1.807, 2.05) is 0 Å². The van der Waals surface area contributed by atoms with Crippen LogP contribution in [0.3, 0.4) is 0 Å². The molecule has 296 valence electrons. The van der Waals surface area contributed by atoms with Crippen LogP contribution in [0.1, 0.15) is 101 Å². The molecule has 0 N–H and O–H groups in total. The first kappa shape index (κ1) is 46.4. The molecule has 0 spiro atoms. The van der Waals surface area contributed by atoms with Gasteiger partial charge < -0.3 is 31.2 Å². The van der Waals surface area contributed by atoms with Gasteiger partial charge in [0.25, 0.3) is 0 Å². The third-order valence-electron chi connectivity index (χ3n) is 16.3. The van der Waals surface area contributed by atoms with Gasteiger partial charge in [-0.3, -0.25) is 6.08 Å². The summed E-state index contributed by atoms with van der Waals surface area (Å²) < 4.78 is 1.42. The molecule has 2 aromatic carbocycles. The summed E-state index contributed by atoms with van der Waals surface area (Å²) in [6, 6.07) is 21.1. The van der Waals surface area contributed by atoms with Gasteiger partial charge in [-0.2, -0.15) is 11.6 Å². The van der Waals surface area contributed by atoms with E-state index in [9.17, 15) is 0 Å². The van der Waals surface area contributed by atoms with Crippen LogP contribution >= 0.6 is 0 Å². The molecule has 3 heteroatoms. The summed E-state index contributed by atoms with van der Waals surface area (Å²) >= 11 is 1.46. The molecule has 2 aromatic rings. The zero-order chi connectivity index (χ0) is 39.4. The Morgan fingerprint density at radius 3 is 1.61 bits per heavy atom. The van der Waals surface area contributed by atoms with Crippen LogP contribution < -0.4 is 24.8 Å². The van der Waals surface area contributed by atoms with Gasteiger partial charge in [-0.15, -0.1) is 17.4 Å². The molecule has 0 aromatic heterocycles. The average molecular weight is 863 g/mol. The number of benzene rings is 2. The molecule has 0 amide bonds. The predicted octanol–water partition coefficient (Wildman–Crippen LogP) is 7.81. The van der Waals surface area contributed by atoms with Gasteiger partial charge in [-0.25, -0.2) is 6.08 Å². The van der Waals surface area contributed by atoms with Crippen molar-refractivity contribution in [3.8, 4) is 0 Å². The van der Waals surface area contributed by atoms with Crippen molar-refractivity contribution in [1.29, 1.82) is 0 Å². The van der Waals surface area contributed by atoms with Crippen LogP contribution in [0.5, 0.6) is 0 Å². The molecule has 0 heterocycles. The normalized spacial score (nSPS) is 37.8. The Bertz CT molecular complexity index is 1960. The summed E-state index contributed by atoms with van der Waals surface area (Å²) in [5.41, 5.74) is 6.13. The van der Waals surface area contributed by atoms with Crippen LogP contribution in [0.4, 0.5) is 0 Å². The Labute approximate surface area is 368 Å². The quantitative estimate of drug-likeness (QED) is 0.277. The number of rotatable bonds is 3. The predicted molar refractivity (Wildman–Crippen MR) is 229 cm³/mol. The zero-order valence-electron chi connectivity index (χ0n) is 36.0. The molecular formula is C53H64Cl2Zr-2. The second kappa shape index (κ2) is 16.4. The van der Waals surface area contributed by atoms with E-state index < -0.39 is 0 Å². The SMILES string of the molecule is CC1=CC=CC2[CH-]C3(C)C4(C)C=CC=CC4(C)C4(C)C=CC=CC4(C)C3(C)C12C.CCC1[C-]=CC(C(C)(C)C)=C1.[Cl-].[Cl-].[Zr+2]=[C](c1ccccc1)c1ccccc1. The van der Waals surface area contributed by atoms with E-state index in [2.05, 4.69) is 235 Å². The third kappa shape index (κ3) is 6.52. The summed E-state index contributed by atoms with van der Waals surface area (Å²) in [6.07, 6.45) is 38.3. The summed E-state index contributed by atoms with van der Waals surface area (Å²) in [5.74, 6) is 1.03. The second-order valence-electron chi connectivity index (χ2n) is 19.0. The Morgan fingerprint density at radius 2 is 1.16 bits per heavy atom. The molecule has 6 aliphatic carbocycles. The van der Waals surface area contributed by atoms with Crippen LogP contribution in [-0.2, 0) is 24.2 Å². The van der Waals surface area contributed by atoms with Crippen LogP contribution in [0.25, 0.3) is 0 Å². The van der Waals surface area contributed by atoms with Crippen LogP contribution in [0.15, 0.2) is 151 Å². The molecule has 6 aliphatic rings. The van der Waals surface area contributed by atoms with Gasteiger partial charge in [0, 0.05) is 10.8 Å². The van der Waals surface area contributed by atoms with Crippen molar-refractivity contribution in [3.63, 3.8) is 0 Å². The van der Waals surface area contributed by atoms with Crippen molar-refractivity contribution in [2.45, 2.75) is 89.5 Å². The van der Waals surface area contributed by atoms with Crippen LogP contribution in [-0.4, -0.2) is 3.21 Å². The van der Waals surface area contributed by atoms with Crippen molar-refractivity contribution < 1.29 is 49.0 Å². The van der Waals surface area contributed by atoms with Gasteiger partial charge in [0.2, 0.25) is 0 Å². The van der Waals surface area contributed by atoms with Crippen molar-refractivity contribution in [2.75, 3.05) is 0 Å². The number of halogens is 2. The molecule has 2 fully saturated rings. The van der Waals surface area contributed by atoms with Gasteiger partial charge >= 0.3 is 99.2 Å². The number of allylic oxidation sites excluding steroid dienone is 16. The number of hydrogen-bond donors (Lipinski definition) is 0. The van der Waals surface area contributed by atoms with Crippen molar-refractivity contribution in [3.05, 3.63) is 174 Å². The molecule has 8 rings (SSSR count). The van der Waals surface area contributed by atoms with E-state index in [1.165, 1.54) is 56.1 Å². The second-order valence-corrected chi connectivity index (χ2v) is 20.2. The fourth-order valence-electron chi connectivity index (χ4n) is 11.8. The molecule has 9 unspecified atom stereocenters. The van der Waals surface area contributed by atoms with Crippen LogP contribution in [0, 0.1) is 67.7 Å². The van der Waals surface area contributed by atoms with Gasteiger partial charge in [0.15, 0.2) is 0 Å². The Hall–Kier alpha value is -2.31. The molecular weight excluding hydrogens is 799 g/mol. The van der Waals surface area contributed by atoms with Gasteiger partial charge in [0.05, 0.1) is 0 Å². The molecule has 9 atom stereocenters. The first-order valence-electron chi connectivity index (χ1n) is 20.3. The first-order chi connectivity index (χ1) is 25.3. The van der Waals surface area contributed by atoms with E-state index in [4.69, 9.17) is 0 Å². The molecule has 0 saturated heterocycles. The monoisotopic (exact) mass is 860 g/mol. The Kier molecular flexibility index (Phi) is 13.6. The third-order valence-corrected chi connectivity index (χ3v) is 17.7. The molecule has 0 aliphatic heterocycles. The zero-order valence-corrected chi connectivity index (χ0v) is 39.9. The maximum absolute atomic E-state index is 3.35. The molecule has 0 nitrogen and oxygen atoms in total. The Balaban J connectivity index is 0.000000215. The summed E-state index contributed by atoms with van der Waals surface area (Å²) in [7, 11) is 0. The molecule has 0 radical (unpaired) electrons. The van der Waals surface area contributed by atoms with E-state index in [-0.39, 0.29) is 62.7 Å². The van der Waals surface area contributed by atoms with E-state index in [0.717, 1.165) is 0 Å². The Morgan fingerprint density at radius 1 is 0.696 bits per heavy atom. The molecule has 2 saturated carbocycles. The summed E-state index contributed by atoms with van der Waals surface area (Å²) in [5, 5.41) is 0. The van der Waals surface area contributed by atoms with Crippen molar-refractivity contribution >= 4 is 3.21 Å². The fourth-order valence-corrected chi connectivity index (χ4v) is 12.7. The number of hydrogen-bond acceptors (Lipinski definition) is 0. The fraction of sp³-hybridized carbons (Fsp3) is 0.434. The maximum atomic E-state index is 3.35. The van der Waals surface area contributed by atoms with Gasteiger partial charge in [0.1, 0.15) is 0 Å². The summed E-state index contributed by atoms with van der Waals surface area (Å²) in [6.45, 7) is 29.2.